The molecule has 0 aliphatic rings. The van der Waals surface area contributed by atoms with Gasteiger partial charge in [0.15, 0.2) is 0 Å². The number of rotatable bonds is 7. The third-order valence-electron chi connectivity index (χ3n) is 4.68. The van der Waals surface area contributed by atoms with E-state index in [1.807, 2.05) is 48.5 Å². The summed E-state index contributed by atoms with van der Waals surface area (Å²) in [5, 5.41) is 0. The first kappa shape index (κ1) is 20.4. The van der Waals surface area contributed by atoms with Gasteiger partial charge in [0.2, 0.25) is 9.84 Å². The highest BCUT2D eigenvalue weighted by Crippen LogP contribution is 2.28. The maximum absolute atomic E-state index is 12.7. The van der Waals surface area contributed by atoms with Crippen molar-refractivity contribution in [3.63, 3.8) is 0 Å². The highest BCUT2D eigenvalue weighted by atomic mass is 32.2. The molecule has 4 rings (SSSR count). The molecule has 5 heteroatoms. The van der Waals surface area contributed by atoms with Crippen LogP contribution < -0.4 is 9.47 Å². The number of benzene rings is 4. The predicted molar refractivity (Wildman–Crippen MR) is 121 cm³/mol. The molecule has 4 nitrogen and oxygen atoms in total. The summed E-state index contributed by atoms with van der Waals surface area (Å²) in [7, 11) is -3.54. The van der Waals surface area contributed by atoms with Gasteiger partial charge in [-0.15, -0.1) is 0 Å². The van der Waals surface area contributed by atoms with Gasteiger partial charge in [-0.1, -0.05) is 49.0 Å². The Bertz CT molecular complexity index is 1260. The number of hydrogen-bond donors (Lipinski definition) is 0. The van der Waals surface area contributed by atoms with Gasteiger partial charge < -0.3 is 9.47 Å². The zero-order valence-electron chi connectivity index (χ0n) is 16.6. The van der Waals surface area contributed by atoms with Crippen molar-refractivity contribution in [2.45, 2.75) is 9.79 Å². The largest absolute Gasteiger partial charge is 0.466 e. The van der Waals surface area contributed by atoms with E-state index in [1.54, 1.807) is 54.6 Å². The Labute approximate surface area is 181 Å². The summed E-state index contributed by atoms with van der Waals surface area (Å²) in [6.45, 7) is 3.55. The molecule has 0 radical (unpaired) electrons. The van der Waals surface area contributed by atoms with Crippen LogP contribution in [0.2, 0.25) is 0 Å². The van der Waals surface area contributed by atoms with Crippen LogP contribution in [0.5, 0.6) is 17.2 Å². The second-order valence-corrected chi connectivity index (χ2v) is 8.67. The van der Waals surface area contributed by atoms with Crippen LogP contribution in [0.3, 0.4) is 0 Å². The van der Waals surface area contributed by atoms with Crippen LogP contribution in [0.25, 0.3) is 11.1 Å². The van der Waals surface area contributed by atoms with E-state index in [1.165, 1.54) is 6.26 Å². The average Bonchev–Trinajstić information content (AvgIpc) is 2.81. The molecule has 31 heavy (non-hydrogen) atoms. The van der Waals surface area contributed by atoms with Gasteiger partial charge in [0.05, 0.1) is 16.1 Å². The van der Waals surface area contributed by atoms with E-state index in [2.05, 4.69) is 6.58 Å². The Morgan fingerprint density at radius 2 is 1.03 bits per heavy atom. The molecule has 0 saturated heterocycles. The van der Waals surface area contributed by atoms with Gasteiger partial charge in [-0.2, -0.15) is 0 Å². The fraction of sp³-hybridized carbons (Fsp3) is 0. The summed E-state index contributed by atoms with van der Waals surface area (Å²) >= 11 is 0. The van der Waals surface area contributed by atoms with Crippen LogP contribution in [-0.4, -0.2) is 8.42 Å². The van der Waals surface area contributed by atoms with E-state index in [9.17, 15) is 8.42 Å². The van der Waals surface area contributed by atoms with Crippen molar-refractivity contribution in [3.05, 3.63) is 116 Å². The van der Waals surface area contributed by atoms with E-state index in [-0.39, 0.29) is 9.79 Å². The molecule has 0 aromatic heterocycles. The number of ether oxygens (including phenoxy) is 2. The summed E-state index contributed by atoms with van der Waals surface area (Å²) in [5.74, 6) is 1.95. The molecule has 0 N–H and O–H groups in total. The minimum Gasteiger partial charge on any atom is -0.466 e. The van der Waals surface area contributed by atoms with E-state index >= 15 is 0 Å². The molecule has 0 amide bonds. The molecule has 0 spiro atoms. The van der Waals surface area contributed by atoms with Gasteiger partial charge in [-0.3, -0.25) is 0 Å². The quantitative estimate of drug-likeness (QED) is 0.315. The van der Waals surface area contributed by atoms with Crippen LogP contribution in [0.15, 0.2) is 126 Å². The first-order valence-electron chi connectivity index (χ1n) is 9.62. The Hall–Kier alpha value is -3.83. The zero-order chi connectivity index (χ0) is 21.7. The first-order chi connectivity index (χ1) is 15.1. The highest BCUT2D eigenvalue weighted by molar-refractivity contribution is 7.91. The van der Waals surface area contributed by atoms with Crippen molar-refractivity contribution in [1.29, 1.82) is 0 Å². The zero-order valence-corrected chi connectivity index (χ0v) is 17.5. The van der Waals surface area contributed by atoms with Gasteiger partial charge in [0.1, 0.15) is 17.2 Å². The van der Waals surface area contributed by atoms with Crippen molar-refractivity contribution < 1.29 is 17.9 Å². The van der Waals surface area contributed by atoms with Crippen LogP contribution >= 0.6 is 0 Å². The fourth-order valence-electron chi connectivity index (χ4n) is 3.10. The normalized spacial score (nSPS) is 11.0. The lowest BCUT2D eigenvalue weighted by atomic mass is 10.1. The van der Waals surface area contributed by atoms with E-state index in [0.717, 1.165) is 16.9 Å². The topological polar surface area (TPSA) is 52.6 Å². The molecule has 0 unspecified atom stereocenters. The fourth-order valence-corrected chi connectivity index (χ4v) is 4.38. The Morgan fingerprint density at radius 3 is 1.55 bits per heavy atom. The SMILES string of the molecule is C=COc1ccc(-c2ccc(Oc3ccc(S(=O)(=O)c4ccccc4)cc3)cc2)cc1. The second kappa shape index (κ2) is 8.90. The molecule has 4 aromatic rings. The Morgan fingerprint density at radius 1 is 0.581 bits per heavy atom. The molecule has 0 atom stereocenters. The third-order valence-corrected chi connectivity index (χ3v) is 6.47. The Balaban J connectivity index is 1.46. The van der Waals surface area contributed by atoms with Crippen molar-refractivity contribution in [3.8, 4) is 28.4 Å². The van der Waals surface area contributed by atoms with Crippen LogP contribution in [0, 0.1) is 0 Å². The van der Waals surface area contributed by atoms with Gasteiger partial charge >= 0.3 is 0 Å². The third kappa shape index (κ3) is 4.68. The molecule has 0 heterocycles. The maximum Gasteiger partial charge on any atom is 0.206 e. The summed E-state index contributed by atoms with van der Waals surface area (Å²) in [6, 6.07) is 30.2. The predicted octanol–water partition coefficient (Wildman–Crippen LogP) is 6.50. The molecule has 154 valence electrons. The van der Waals surface area contributed by atoms with Crippen LogP contribution in [0.1, 0.15) is 0 Å². The number of hydrogen-bond acceptors (Lipinski definition) is 4. The lowest BCUT2D eigenvalue weighted by Gasteiger charge is -2.09. The molecule has 0 saturated carbocycles. The van der Waals surface area contributed by atoms with E-state index < -0.39 is 9.84 Å². The van der Waals surface area contributed by atoms with Gasteiger partial charge in [-0.05, 0) is 71.8 Å². The van der Waals surface area contributed by atoms with Crippen molar-refractivity contribution in [2.24, 2.45) is 0 Å². The lowest BCUT2D eigenvalue weighted by Crippen LogP contribution is -2.01. The summed E-state index contributed by atoms with van der Waals surface area (Å²) in [4.78, 5) is 0.494. The van der Waals surface area contributed by atoms with Crippen molar-refractivity contribution in [2.75, 3.05) is 0 Å². The molecule has 4 aromatic carbocycles. The van der Waals surface area contributed by atoms with Gasteiger partial charge in [0.25, 0.3) is 0 Å². The van der Waals surface area contributed by atoms with Crippen molar-refractivity contribution >= 4 is 9.84 Å². The monoisotopic (exact) mass is 428 g/mol. The maximum atomic E-state index is 12.7. The van der Waals surface area contributed by atoms with Gasteiger partial charge in [0, 0.05) is 0 Å². The summed E-state index contributed by atoms with van der Waals surface area (Å²) < 4.78 is 36.5. The molecule has 0 bridgehead atoms. The minimum atomic E-state index is -3.54. The molecule has 0 aliphatic heterocycles. The summed E-state index contributed by atoms with van der Waals surface area (Å²) in [6.07, 6.45) is 1.39. The standard InChI is InChI=1S/C26H20O4S/c1-2-29-22-12-8-20(9-13-22)21-10-14-23(15-11-21)30-24-16-18-26(19-17-24)31(27,28)25-6-4-3-5-7-25/h2-19H,1H2. The molecular formula is C26H20O4S. The molecule has 0 fully saturated rings. The number of sulfone groups is 1. The second-order valence-electron chi connectivity index (χ2n) is 6.72. The first-order valence-corrected chi connectivity index (χ1v) is 11.1. The molecule has 0 aliphatic carbocycles. The lowest BCUT2D eigenvalue weighted by molar-refractivity contribution is 0.482. The van der Waals surface area contributed by atoms with Crippen molar-refractivity contribution in [1.82, 2.24) is 0 Å². The smallest absolute Gasteiger partial charge is 0.206 e. The summed E-state index contributed by atoms with van der Waals surface area (Å²) in [5.41, 5.74) is 2.10. The van der Waals surface area contributed by atoms with E-state index in [0.29, 0.717) is 11.5 Å². The average molecular weight is 429 g/mol. The Kier molecular flexibility index (Phi) is 5.87. The van der Waals surface area contributed by atoms with Crippen LogP contribution in [0.4, 0.5) is 0 Å². The van der Waals surface area contributed by atoms with Crippen LogP contribution in [-0.2, 0) is 9.84 Å². The highest BCUT2D eigenvalue weighted by Gasteiger charge is 2.17. The van der Waals surface area contributed by atoms with E-state index in [4.69, 9.17) is 9.47 Å². The van der Waals surface area contributed by atoms with Gasteiger partial charge in [-0.25, -0.2) is 8.42 Å². The molecular weight excluding hydrogens is 408 g/mol. The minimum absolute atomic E-state index is 0.227.